The minimum atomic E-state index is -0.547. The van der Waals surface area contributed by atoms with Crippen molar-refractivity contribution in [2.45, 2.75) is 78.4 Å². The molecule has 146 valence electrons. The van der Waals surface area contributed by atoms with Crippen LogP contribution in [0.1, 0.15) is 70.5 Å². The molecule has 1 fully saturated rings. The molecule has 0 aromatic carbocycles. The lowest BCUT2D eigenvalue weighted by molar-refractivity contribution is -0.124. The molecule has 0 aliphatic heterocycles. The van der Waals surface area contributed by atoms with Crippen molar-refractivity contribution in [2.24, 2.45) is 5.92 Å². The summed E-state index contributed by atoms with van der Waals surface area (Å²) in [6, 6.07) is 1.91. The van der Waals surface area contributed by atoms with Gasteiger partial charge in [-0.05, 0) is 73.3 Å². The number of hydrogen-bond acceptors (Lipinski definition) is 4. The highest BCUT2D eigenvalue weighted by molar-refractivity contribution is 5.84. The summed E-state index contributed by atoms with van der Waals surface area (Å²) in [6.07, 6.45) is 1.63. The maximum Gasteiger partial charge on any atom is 0.407 e. The van der Waals surface area contributed by atoms with E-state index in [4.69, 9.17) is 9.15 Å². The number of carbonyl (C=O) groups is 2. The van der Waals surface area contributed by atoms with Crippen molar-refractivity contribution < 1.29 is 18.7 Å². The fourth-order valence-corrected chi connectivity index (χ4v) is 3.19. The molecule has 6 heteroatoms. The predicted octanol–water partition coefficient (Wildman–Crippen LogP) is 3.81. The van der Waals surface area contributed by atoms with E-state index in [1.807, 2.05) is 54.5 Å². The summed E-state index contributed by atoms with van der Waals surface area (Å²) in [5.41, 5.74) is -0.137. The molecular formula is C20H32N2O4. The second-order valence-electron chi connectivity index (χ2n) is 8.63. The molecule has 2 rings (SSSR count). The molecule has 2 unspecified atom stereocenters. The van der Waals surface area contributed by atoms with E-state index in [1.165, 1.54) is 0 Å². The van der Waals surface area contributed by atoms with Crippen molar-refractivity contribution in [3.05, 3.63) is 23.2 Å². The molecule has 1 aliphatic carbocycles. The van der Waals surface area contributed by atoms with Gasteiger partial charge in [-0.25, -0.2) is 4.79 Å². The molecule has 0 radical (unpaired) electrons. The van der Waals surface area contributed by atoms with Crippen LogP contribution in [0.4, 0.5) is 4.79 Å². The summed E-state index contributed by atoms with van der Waals surface area (Å²) in [4.78, 5) is 24.8. The average molecular weight is 364 g/mol. The number of rotatable bonds is 6. The third-order valence-corrected chi connectivity index (χ3v) is 4.83. The smallest absolute Gasteiger partial charge is 0.407 e. The average Bonchev–Trinajstić information content (AvgIpc) is 3.29. The van der Waals surface area contributed by atoms with Crippen LogP contribution < -0.4 is 10.6 Å². The van der Waals surface area contributed by atoms with Crippen LogP contribution in [-0.4, -0.2) is 29.7 Å². The van der Waals surface area contributed by atoms with Crippen LogP contribution in [0.25, 0.3) is 0 Å². The van der Waals surface area contributed by atoms with E-state index in [0.717, 1.165) is 29.9 Å². The summed E-state index contributed by atoms with van der Waals surface area (Å²) in [5.74, 6) is 1.56. The van der Waals surface area contributed by atoms with Crippen molar-refractivity contribution in [3.63, 3.8) is 0 Å². The summed E-state index contributed by atoms with van der Waals surface area (Å²) in [6.45, 7) is 13.4. The maximum atomic E-state index is 12.8. The largest absolute Gasteiger partial charge is 0.466 e. The molecule has 0 bridgehead atoms. The summed E-state index contributed by atoms with van der Waals surface area (Å²) in [5, 5.41) is 5.96. The lowest BCUT2D eigenvalue weighted by Gasteiger charge is -2.33. The Hall–Kier alpha value is -1.98. The minimum Gasteiger partial charge on any atom is -0.466 e. The van der Waals surface area contributed by atoms with Crippen molar-refractivity contribution in [1.29, 1.82) is 0 Å². The number of alkyl carbamates (subject to hydrolysis) is 1. The number of furan rings is 1. The number of nitrogens with one attached hydrogen (secondary N) is 2. The molecule has 1 heterocycles. The standard InChI is InChI=1S/C20H32N2O4/c1-12-10-16(14(3)25-12)13(2)17(23)22-20(7,15-8-9-15)11-21-18(24)26-19(4,5)6/h10,13,15H,8-9,11H2,1-7H3,(H,21,24)(H,22,23). The molecular weight excluding hydrogens is 332 g/mol. The number of aryl methyl sites for hydroxylation is 2. The van der Waals surface area contributed by atoms with E-state index in [1.54, 1.807) is 0 Å². The van der Waals surface area contributed by atoms with Gasteiger partial charge in [-0.1, -0.05) is 0 Å². The first kappa shape index (κ1) is 20.3. The molecule has 0 saturated heterocycles. The normalized spacial score (nSPS) is 18.0. The van der Waals surface area contributed by atoms with Crippen molar-refractivity contribution in [3.8, 4) is 0 Å². The van der Waals surface area contributed by atoms with E-state index in [2.05, 4.69) is 10.6 Å². The number of ether oxygens (including phenoxy) is 1. The van der Waals surface area contributed by atoms with Crippen molar-refractivity contribution >= 4 is 12.0 Å². The van der Waals surface area contributed by atoms with Crippen LogP contribution in [0, 0.1) is 19.8 Å². The van der Waals surface area contributed by atoms with Crippen LogP contribution in [0.2, 0.25) is 0 Å². The lowest BCUT2D eigenvalue weighted by Crippen LogP contribution is -2.56. The van der Waals surface area contributed by atoms with Crippen LogP contribution in [0.3, 0.4) is 0 Å². The summed E-state index contributed by atoms with van der Waals surface area (Å²) < 4.78 is 10.8. The van der Waals surface area contributed by atoms with E-state index < -0.39 is 17.2 Å². The zero-order valence-electron chi connectivity index (χ0n) is 17.0. The fourth-order valence-electron chi connectivity index (χ4n) is 3.19. The Bertz CT molecular complexity index is 670. The monoisotopic (exact) mass is 364 g/mol. The molecule has 1 aromatic rings. The Morgan fingerprint density at radius 3 is 2.35 bits per heavy atom. The van der Waals surface area contributed by atoms with Gasteiger partial charge in [0.25, 0.3) is 0 Å². The third kappa shape index (κ3) is 5.26. The van der Waals surface area contributed by atoms with E-state index >= 15 is 0 Å². The van der Waals surface area contributed by atoms with Gasteiger partial charge < -0.3 is 19.8 Å². The highest BCUT2D eigenvalue weighted by Crippen LogP contribution is 2.39. The highest BCUT2D eigenvalue weighted by atomic mass is 16.6. The Morgan fingerprint density at radius 2 is 1.88 bits per heavy atom. The Labute approximate surface area is 156 Å². The first-order valence-electron chi connectivity index (χ1n) is 9.27. The Morgan fingerprint density at radius 1 is 1.27 bits per heavy atom. The van der Waals surface area contributed by atoms with Crippen LogP contribution >= 0.6 is 0 Å². The molecule has 2 amide bonds. The van der Waals surface area contributed by atoms with Gasteiger partial charge in [0.1, 0.15) is 17.1 Å². The Kier molecular flexibility index (Phi) is 5.73. The SMILES string of the molecule is Cc1cc(C(C)C(=O)NC(C)(CNC(=O)OC(C)(C)C)C2CC2)c(C)o1. The van der Waals surface area contributed by atoms with E-state index in [-0.39, 0.29) is 11.8 Å². The van der Waals surface area contributed by atoms with Gasteiger partial charge in [-0.3, -0.25) is 4.79 Å². The quantitative estimate of drug-likeness (QED) is 0.804. The topological polar surface area (TPSA) is 80.6 Å². The van der Waals surface area contributed by atoms with Gasteiger partial charge in [-0.15, -0.1) is 0 Å². The van der Waals surface area contributed by atoms with Crippen molar-refractivity contribution in [1.82, 2.24) is 10.6 Å². The molecule has 0 spiro atoms. The highest BCUT2D eigenvalue weighted by Gasteiger charge is 2.43. The number of amides is 2. The van der Waals surface area contributed by atoms with Gasteiger partial charge in [0.2, 0.25) is 5.91 Å². The van der Waals surface area contributed by atoms with Gasteiger partial charge in [0.15, 0.2) is 0 Å². The molecule has 1 aliphatic rings. The van der Waals surface area contributed by atoms with E-state index in [0.29, 0.717) is 12.5 Å². The first-order valence-corrected chi connectivity index (χ1v) is 9.27. The molecule has 6 nitrogen and oxygen atoms in total. The second-order valence-corrected chi connectivity index (χ2v) is 8.63. The lowest BCUT2D eigenvalue weighted by atomic mass is 9.93. The summed E-state index contributed by atoms with van der Waals surface area (Å²) in [7, 11) is 0. The Balaban J connectivity index is 2.01. The summed E-state index contributed by atoms with van der Waals surface area (Å²) >= 11 is 0. The van der Waals surface area contributed by atoms with Gasteiger partial charge >= 0.3 is 6.09 Å². The maximum absolute atomic E-state index is 12.8. The minimum absolute atomic E-state index is 0.0608. The van der Waals surface area contributed by atoms with Gasteiger partial charge in [0.05, 0.1) is 11.5 Å². The molecule has 1 aromatic heterocycles. The zero-order valence-corrected chi connectivity index (χ0v) is 17.0. The molecule has 2 atom stereocenters. The van der Waals surface area contributed by atoms with Crippen LogP contribution in [-0.2, 0) is 9.53 Å². The first-order chi connectivity index (χ1) is 11.9. The molecule has 2 N–H and O–H groups in total. The third-order valence-electron chi connectivity index (χ3n) is 4.83. The predicted molar refractivity (Wildman–Crippen MR) is 100 cm³/mol. The second kappa shape index (κ2) is 7.33. The van der Waals surface area contributed by atoms with Gasteiger partial charge in [0, 0.05) is 12.1 Å². The molecule has 26 heavy (non-hydrogen) atoms. The van der Waals surface area contributed by atoms with Crippen molar-refractivity contribution in [2.75, 3.05) is 6.54 Å². The molecule has 1 saturated carbocycles. The number of carbonyl (C=O) groups excluding carboxylic acids is 2. The van der Waals surface area contributed by atoms with Gasteiger partial charge in [-0.2, -0.15) is 0 Å². The van der Waals surface area contributed by atoms with Crippen LogP contribution in [0.5, 0.6) is 0 Å². The van der Waals surface area contributed by atoms with E-state index in [9.17, 15) is 9.59 Å². The fraction of sp³-hybridized carbons (Fsp3) is 0.700. The number of hydrogen-bond donors (Lipinski definition) is 2. The van der Waals surface area contributed by atoms with Crippen LogP contribution in [0.15, 0.2) is 10.5 Å². The zero-order chi connectivity index (χ0) is 19.7.